The van der Waals surface area contributed by atoms with E-state index in [0.29, 0.717) is 5.56 Å². The van der Waals surface area contributed by atoms with Crippen molar-refractivity contribution in [1.82, 2.24) is 0 Å². The van der Waals surface area contributed by atoms with Crippen molar-refractivity contribution in [1.29, 1.82) is 5.26 Å². The van der Waals surface area contributed by atoms with Crippen molar-refractivity contribution in [2.45, 2.75) is 4.90 Å². The smallest absolute Gasteiger partial charge is 0.108 e. The Morgan fingerprint density at radius 3 is 2.93 bits per heavy atom. The molecule has 0 saturated carbocycles. The van der Waals surface area contributed by atoms with Crippen molar-refractivity contribution in [3.8, 4) is 6.07 Å². The summed E-state index contributed by atoms with van der Waals surface area (Å²) in [5.74, 6) is 0. The van der Waals surface area contributed by atoms with Gasteiger partial charge in [0.15, 0.2) is 0 Å². The third-order valence-electron chi connectivity index (χ3n) is 1.95. The third kappa shape index (κ3) is 1.40. The number of nitriles is 1. The van der Waals surface area contributed by atoms with Crippen LogP contribution < -0.4 is 0 Å². The number of rotatable bonds is 1. The van der Waals surface area contributed by atoms with E-state index in [4.69, 9.17) is 16.9 Å². The van der Waals surface area contributed by atoms with E-state index in [2.05, 4.69) is 6.07 Å². The summed E-state index contributed by atoms with van der Waals surface area (Å²) in [6.45, 7) is 0. The summed E-state index contributed by atoms with van der Waals surface area (Å²) in [7, 11) is 0. The number of hydrogen-bond donors (Lipinski definition) is 0. The monoisotopic (exact) mass is 239 g/mol. The number of benzene rings is 1. The van der Waals surface area contributed by atoms with Crippen molar-refractivity contribution in [3.63, 3.8) is 0 Å². The van der Waals surface area contributed by atoms with Crippen LogP contribution >= 0.6 is 34.7 Å². The maximum absolute atomic E-state index is 8.92. The van der Waals surface area contributed by atoms with Gasteiger partial charge in [0.2, 0.25) is 0 Å². The molecule has 70 valence electrons. The number of thiophene rings is 1. The number of nitrogens with zero attached hydrogens (tertiary/aromatic N) is 1. The molecule has 1 aromatic heterocycles. The predicted octanol–water partition coefficient (Wildman–Crippen LogP) is 4.15. The van der Waals surface area contributed by atoms with Gasteiger partial charge in [0.05, 0.1) is 10.3 Å². The summed E-state index contributed by atoms with van der Waals surface area (Å²) in [4.78, 5) is 1.07. The van der Waals surface area contributed by atoms with Gasteiger partial charge in [-0.1, -0.05) is 23.7 Å². The molecule has 0 aliphatic heterocycles. The minimum atomic E-state index is 0.703. The van der Waals surface area contributed by atoms with Crippen LogP contribution in [0.4, 0.5) is 0 Å². The Kier molecular flexibility index (Phi) is 2.69. The molecule has 0 saturated heterocycles. The highest BCUT2D eigenvalue weighted by Crippen LogP contribution is 2.41. The van der Waals surface area contributed by atoms with Crippen LogP contribution in [-0.4, -0.2) is 6.26 Å². The number of hydrogen-bond acceptors (Lipinski definition) is 3. The fourth-order valence-corrected chi connectivity index (χ4v) is 3.79. The van der Waals surface area contributed by atoms with Crippen LogP contribution in [0, 0.1) is 11.3 Å². The molecular formula is C10H6ClNS2. The summed E-state index contributed by atoms with van der Waals surface area (Å²) >= 11 is 9.18. The van der Waals surface area contributed by atoms with E-state index in [1.807, 2.05) is 24.5 Å². The lowest BCUT2D eigenvalue weighted by atomic mass is 10.2. The summed E-state index contributed by atoms with van der Waals surface area (Å²) in [6.07, 6.45) is 1.99. The SMILES string of the molecule is CSc1c(Cl)sc2c(C#N)cccc12. The van der Waals surface area contributed by atoms with Gasteiger partial charge < -0.3 is 0 Å². The molecule has 0 amide bonds. The molecule has 0 radical (unpaired) electrons. The first-order valence-electron chi connectivity index (χ1n) is 3.93. The molecule has 0 unspecified atom stereocenters. The zero-order valence-corrected chi connectivity index (χ0v) is 9.76. The minimum absolute atomic E-state index is 0.703. The van der Waals surface area contributed by atoms with Gasteiger partial charge in [0.25, 0.3) is 0 Å². The van der Waals surface area contributed by atoms with Crippen LogP contribution in [0.25, 0.3) is 10.1 Å². The molecule has 1 nitrogen and oxygen atoms in total. The highest BCUT2D eigenvalue weighted by molar-refractivity contribution is 7.99. The molecule has 0 aliphatic carbocycles. The van der Waals surface area contributed by atoms with E-state index in [1.54, 1.807) is 11.8 Å². The Labute approximate surface area is 95.3 Å². The molecule has 0 bridgehead atoms. The van der Waals surface area contributed by atoms with Gasteiger partial charge in [-0.25, -0.2) is 0 Å². The van der Waals surface area contributed by atoms with E-state index >= 15 is 0 Å². The lowest BCUT2D eigenvalue weighted by Gasteiger charge is -1.94. The van der Waals surface area contributed by atoms with Crippen LogP contribution in [0.5, 0.6) is 0 Å². The van der Waals surface area contributed by atoms with Gasteiger partial charge >= 0.3 is 0 Å². The van der Waals surface area contributed by atoms with Crippen LogP contribution in [0.1, 0.15) is 5.56 Å². The minimum Gasteiger partial charge on any atom is -0.192 e. The van der Waals surface area contributed by atoms with Gasteiger partial charge in [0, 0.05) is 10.3 Å². The largest absolute Gasteiger partial charge is 0.192 e. The van der Waals surface area contributed by atoms with Gasteiger partial charge in [-0.2, -0.15) is 5.26 Å². The van der Waals surface area contributed by atoms with Crippen molar-refractivity contribution in [3.05, 3.63) is 28.1 Å². The van der Waals surface area contributed by atoms with Gasteiger partial charge in [-0.15, -0.1) is 23.1 Å². The second kappa shape index (κ2) is 3.82. The fourth-order valence-electron chi connectivity index (χ4n) is 1.35. The zero-order valence-electron chi connectivity index (χ0n) is 7.37. The van der Waals surface area contributed by atoms with E-state index < -0.39 is 0 Å². The summed E-state index contributed by atoms with van der Waals surface area (Å²) in [5.41, 5.74) is 0.703. The number of fused-ring (bicyclic) bond motifs is 1. The molecule has 0 aliphatic rings. The fraction of sp³-hybridized carbons (Fsp3) is 0.100. The average molecular weight is 240 g/mol. The number of halogens is 1. The average Bonchev–Trinajstić information content (AvgIpc) is 2.52. The quantitative estimate of drug-likeness (QED) is 0.698. The van der Waals surface area contributed by atoms with Crippen LogP contribution in [0.15, 0.2) is 23.1 Å². The van der Waals surface area contributed by atoms with Crippen LogP contribution in [0.3, 0.4) is 0 Å². The lowest BCUT2D eigenvalue weighted by molar-refractivity contribution is 1.51. The van der Waals surface area contributed by atoms with Crippen molar-refractivity contribution >= 4 is 44.8 Å². The van der Waals surface area contributed by atoms with E-state index in [0.717, 1.165) is 19.3 Å². The summed E-state index contributed by atoms with van der Waals surface area (Å²) in [6, 6.07) is 7.89. The molecule has 0 atom stereocenters. The molecule has 2 rings (SSSR count). The zero-order chi connectivity index (χ0) is 10.1. The number of thioether (sulfide) groups is 1. The Morgan fingerprint density at radius 2 is 2.29 bits per heavy atom. The highest BCUT2D eigenvalue weighted by atomic mass is 35.5. The first-order valence-corrected chi connectivity index (χ1v) is 6.35. The predicted molar refractivity (Wildman–Crippen MR) is 63.3 cm³/mol. The lowest BCUT2D eigenvalue weighted by Crippen LogP contribution is -1.73. The summed E-state index contributed by atoms with van der Waals surface area (Å²) in [5, 5.41) is 10.0. The van der Waals surface area contributed by atoms with Crippen LogP contribution in [-0.2, 0) is 0 Å². The first-order chi connectivity index (χ1) is 6.77. The van der Waals surface area contributed by atoms with Gasteiger partial charge in [-0.3, -0.25) is 0 Å². The molecule has 0 spiro atoms. The Balaban J connectivity index is 2.87. The van der Waals surface area contributed by atoms with Crippen molar-refractivity contribution in [2.24, 2.45) is 0 Å². The molecule has 0 fully saturated rings. The van der Waals surface area contributed by atoms with E-state index in [-0.39, 0.29) is 0 Å². The molecule has 2 aromatic rings. The van der Waals surface area contributed by atoms with Crippen molar-refractivity contribution in [2.75, 3.05) is 6.26 Å². The molecule has 1 heterocycles. The van der Waals surface area contributed by atoms with Crippen molar-refractivity contribution < 1.29 is 0 Å². The van der Waals surface area contributed by atoms with E-state index in [9.17, 15) is 0 Å². The summed E-state index contributed by atoms with van der Waals surface area (Å²) < 4.78 is 1.76. The normalized spacial score (nSPS) is 10.4. The maximum atomic E-state index is 8.92. The standard InChI is InChI=1S/C10H6ClNS2/c1-13-9-7-4-2-3-6(5-12)8(7)14-10(9)11/h2-4H,1H3. The maximum Gasteiger partial charge on any atom is 0.108 e. The Morgan fingerprint density at radius 1 is 1.50 bits per heavy atom. The van der Waals surface area contributed by atoms with Gasteiger partial charge in [-0.05, 0) is 12.3 Å². The molecule has 0 N–H and O–H groups in total. The molecule has 14 heavy (non-hydrogen) atoms. The Hall–Kier alpha value is -0.690. The first kappa shape index (κ1) is 9.85. The Bertz CT molecular complexity index is 525. The second-order valence-corrected chi connectivity index (χ2v) is 5.14. The highest BCUT2D eigenvalue weighted by Gasteiger charge is 2.11. The van der Waals surface area contributed by atoms with E-state index in [1.165, 1.54) is 11.3 Å². The molecule has 4 heteroatoms. The van der Waals surface area contributed by atoms with Gasteiger partial charge in [0.1, 0.15) is 10.4 Å². The second-order valence-electron chi connectivity index (χ2n) is 2.70. The van der Waals surface area contributed by atoms with Crippen LogP contribution in [0.2, 0.25) is 4.34 Å². The topological polar surface area (TPSA) is 23.8 Å². The molecular weight excluding hydrogens is 234 g/mol. The molecule has 1 aromatic carbocycles. The third-order valence-corrected chi connectivity index (χ3v) is 4.48.